The lowest BCUT2D eigenvalue weighted by molar-refractivity contribution is 0.100. The number of pyridine rings is 1. The van der Waals surface area contributed by atoms with E-state index < -0.39 is 5.91 Å². The molecule has 1 aromatic carbocycles. The fourth-order valence-corrected chi connectivity index (χ4v) is 1.50. The molecule has 0 saturated heterocycles. The van der Waals surface area contributed by atoms with E-state index in [0.29, 0.717) is 22.6 Å². The first-order chi connectivity index (χ1) is 8.70. The van der Waals surface area contributed by atoms with Crippen LogP contribution in [0.4, 0.5) is 11.4 Å². The summed E-state index contributed by atoms with van der Waals surface area (Å²) < 4.78 is 0. The third-order valence-electron chi connectivity index (χ3n) is 2.34. The van der Waals surface area contributed by atoms with Crippen LogP contribution in [0.5, 0.6) is 0 Å². The number of anilines is 2. The molecule has 88 valence electrons. The molecule has 0 aliphatic carbocycles. The zero-order chi connectivity index (χ0) is 13.0. The van der Waals surface area contributed by atoms with Crippen LogP contribution in [0.25, 0.3) is 0 Å². The van der Waals surface area contributed by atoms with E-state index in [4.69, 9.17) is 11.0 Å². The van der Waals surface area contributed by atoms with Gasteiger partial charge in [0.15, 0.2) is 5.69 Å². The first-order valence-electron chi connectivity index (χ1n) is 5.22. The number of hydrogen-bond donors (Lipinski definition) is 2. The smallest absolute Gasteiger partial charge is 0.248 e. The number of hydrogen-bond acceptors (Lipinski definition) is 4. The maximum absolute atomic E-state index is 11.1. The molecule has 5 heteroatoms. The molecule has 2 aromatic rings. The number of nitrogens with zero attached hydrogens (tertiary/aromatic N) is 2. The van der Waals surface area contributed by atoms with Gasteiger partial charge < -0.3 is 11.1 Å². The Balaban J connectivity index is 2.32. The molecular formula is C13H10N4O. The van der Waals surface area contributed by atoms with E-state index in [1.807, 2.05) is 6.07 Å². The van der Waals surface area contributed by atoms with Gasteiger partial charge in [-0.2, -0.15) is 5.26 Å². The Hall–Kier alpha value is -2.87. The minimum absolute atomic E-state index is 0.293. The van der Waals surface area contributed by atoms with Crippen LogP contribution in [-0.4, -0.2) is 10.9 Å². The van der Waals surface area contributed by atoms with E-state index in [1.165, 1.54) is 0 Å². The molecule has 0 bridgehead atoms. The number of aromatic nitrogens is 1. The first-order valence-corrected chi connectivity index (χ1v) is 5.22. The molecule has 0 fully saturated rings. The Bertz CT molecular complexity index is 631. The van der Waals surface area contributed by atoms with Gasteiger partial charge in [0.05, 0.1) is 5.69 Å². The van der Waals surface area contributed by atoms with Gasteiger partial charge in [0.2, 0.25) is 5.91 Å². The molecule has 1 aromatic heterocycles. The van der Waals surface area contributed by atoms with E-state index in [0.717, 1.165) is 0 Å². The number of primary amides is 1. The van der Waals surface area contributed by atoms with Gasteiger partial charge in [-0.1, -0.05) is 6.07 Å². The number of carbonyl (C=O) groups is 1. The molecule has 0 aliphatic rings. The van der Waals surface area contributed by atoms with Gasteiger partial charge in [-0.25, -0.2) is 4.98 Å². The predicted molar refractivity (Wildman–Crippen MR) is 67.2 cm³/mol. The van der Waals surface area contributed by atoms with Gasteiger partial charge in [0, 0.05) is 17.4 Å². The highest BCUT2D eigenvalue weighted by atomic mass is 16.1. The molecule has 0 unspecified atom stereocenters. The third kappa shape index (κ3) is 2.44. The normalized spacial score (nSPS) is 9.50. The van der Waals surface area contributed by atoms with Crippen molar-refractivity contribution in [3.63, 3.8) is 0 Å². The highest BCUT2D eigenvalue weighted by Gasteiger charge is 2.04. The van der Waals surface area contributed by atoms with Crippen molar-refractivity contribution in [3.8, 4) is 6.07 Å². The number of nitrogens with one attached hydrogen (secondary N) is 1. The summed E-state index contributed by atoms with van der Waals surface area (Å²) in [6, 6.07) is 12.2. The Kier molecular flexibility index (Phi) is 3.21. The summed E-state index contributed by atoms with van der Waals surface area (Å²) in [6.45, 7) is 0. The van der Waals surface area contributed by atoms with Gasteiger partial charge in [-0.15, -0.1) is 0 Å². The number of nitriles is 1. The lowest BCUT2D eigenvalue weighted by atomic mass is 10.2. The minimum atomic E-state index is -0.495. The van der Waals surface area contributed by atoms with E-state index in [2.05, 4.69) is 10.3 Å². The average molecular weight is 238 g/mol. The third-order valence-corrected chi connectivity index (χ3v) is 2.34. The summed E-state index contributed by atoms with van der Waals surface area (Å²) in [5.74, 6) is -0.495. The molecule has 0 saturated carbocycles. The summed E-state index contributed by atoms with van der Waals surface area (Å²) in [7, 11) is 0. The van der Waals surface area contributed by atoms with Crippen molar-refractivity contribution in [2.24, 2.45) is 5.73 Å². The minimum Gasteiger partial charge on any atom is -0.366 e. The summed E-state index contributed by atoms with van der Waals surface area (Å²) in [4.78, 5) is 15.0. The van der Waals surface area contributed by atoms with Crippen molar-refractivity contribution in [3.05, 3.63) is 53.9 Å². The molecule has 18 heavy (non-hydrogen) atoms. The maximum atomic E-state index is 11.1. The van der Waals surface area contributed by atoms with Crippen LogP contribution in [-0.2, 0) is 0 Å². The molecule has 2 rings (SSSR count). The molecule has 1 amide bonds. The van der Waals surface area contributed by atoms with Crippen molar-refractivity contribution in [2.75, 3.05) is 5.32 Å². The van der Waals surface area contributed by atoms with Crippen LogP contribution in [0.2, 0.25) is 0 Å². The first kappa shape index (κ1) is 11.6. The number of nitrogens with two attached hydrogens (primary N) is 1. The zero-order valence-corrected chi connectivity index (χ0v) is 9.42. The molecular weight excluding hydrogens is 228 g/mol. The Morgan fingerprint density at radius 1 is 1.33 bits per heavy atom. The van der Waals surface area contributed by atoms with Gasteiger partial charge >= 0.3 is 0 Å². The second-order valence-corrected chi connectivity index (χ2v) is 3.58. The standard InChI is InChI=1S/C13H10N4O/c14-8-12-11(5-2-6-16-12)17-10-4-1-3-9(7-10)13(15)18/h1-7,17H,(H2,15,18). The second kappa shape index (κ2) is 4.97. The Labute approximate surface area is 104 Å². The van der Waals surface area contributed by atoms with E-state index in [-0.39, 0.29) is 0 Å². The van der Waals surface area contributed by atoms with Gasteiger partial charge in [-0.05, 0) is 30.3 Å². The largest absolute Gasteiger partial charge is 0.366 e. The summed E-state index contributed by atoms with van der Waals surface area (Å²) in [5.41, 5.74) is 7.16. The van der Waals surface area contributed by atoms with Crippen LogP contribution in [0.1, 0.15) is 16.1 Å². The lowest BCUT2D eigenvalue weighted by Crippen LogP contribution is -2.10. The number of amides is 1. The topological polar surface area (TPSA) is 91.8 Å². The number of carbonyl (C=O) groups excluding carboxylic acids is 1. The van der Waals surface area contributed by atoms with Crippen LogP contribution in [0.15, 0.2) is 42.6 Å². The summed E-state index contributed by atoms with van der Waals surface area (Å²) in [6.07, 6.45) is 1.55. The molecule has 0 spiro atoms. The monoisotopic (exact) mass is 238 g/mol. The van der Waals surface area contributed by atoms with Crippen molar-refractivity contribution in [2.45, 2.75) is 0 Å². The molecule has 0 aliphatic heterocycles. The fourth-order valence-electron chi connectivity index (χ4n) is 1.50. The summed E-state index contributed by atoms with van der Waals surface area (Å²) in [5, 5.41) is 11.9. The average Bonchev–Trinajstić information content (AvgIpc) is 2.39. The van der Waals surface area contributed by atoms with E-state index >= 15 is 0 Å². The number of benzene rings is 1. The van der Waals surface area contributed by atoms with Crippen LogP contribution < -0.4 is 11.1 Å². The highest BCUT2D eigenvalue weighted by molar-refractivity contribution is 5.93. The van der Waals surface area contributed by atoms with Crippen LogP contribution in [0, 0.1) is 11.3 Å². The summed E-state index contributed by atoms with van der Waals surface area (Å²) >= 11 is 0. The van der Waals surface area contributed by atoms with Crippen molar-refractivity contribution < 1.29 is 4.79 Å². The quantitative estimate of drug-likeness (QED) is 0.852. The molecule has 0 atom stereocenters. The molecule has 3 N–H and O–H groups in total. The van der Waals surface area contributed by atoms with E-state index in [1.54, 1.807) is 42.6 Å². The fraction of sp³-hybridized carbons (Fsp3) is 0. The van der Waals surface area contributed by atoms with Crippen LogP contribution in [0.3, 0.4) is 0 Å². The second-order valence-electron chi connectivity index (χ2n) is 3.58. The van der Waals surface area contributed by atoms with Gasteiger partial charge in [-0.3, -0.25) is 4.79 Å². The van der Waals surface area contributed by atoms with E-state index in [9.17, 15) is 4.79 Å². The predicted octanol–water partition coefficient (Wildman–Crippen LogP) is 1.80. The number of rotatable bonds is 3. The Morgan fingerprint density at radius 3 is 2.89 bits per heavy atom. The lowest BCUT2D eigenvalue weighted by Gasteiger charge is -2.07. The Morgan fingerprint density at radius 2 is 2.17 bits per heavy atom. The maximum Gasteiger partial charge on any atom is 0.248 e. The SMILES string of the molecule is N#Cc1ncccc1Nc1cccc(C(N)=O)c1. The van der Waals surface area contributed by atoms with Crippen LogP contribution >= 0.6 is 0 Å². The molecule has 0 radical (unpaired) electrons. The molecule has 1 heterocycles. The van der Waals surface area contributed by atoms with Crippen molar-refractivity contribution in [1.82, 2.24) is 4.98 Å². The highest BCUT2D eigenvalue weighted by Crippen LogP contribution is 2.19. The van der Waals surface area contributed by atoms with Gasteiger partial charge in [0.25, 0.3) is 0 Å². The van der Waals surface area contributed by atoms with Gasteiger partial charge in [0.1, 0.15) is 6.07 Å². The van der Waals surface area contributed by atoms with Crippen molar-refractivity contribution >= 4 is 17.3 Å². The molecule has 5 nitrogen and oxygen atoms in total. The zero-order valence-electron chi connectivity index (χ0n) is 9.42. The van der Waals surface area contributed by atoms with Crippen molar-refractivity contribution in [1.29, 1.82) is 5.26 Å².